The maximum absolute atomic E-state index is 6.88. The van der Waals surface area contributed by atoms with Gasteiger partial charge in [0.25, 0.3) is 6.33 Å². The van der Waals surface area contributed by atoms with E-state index < -0.39 is 8.07 Å². The average molecular weight is 791 g/mol. The Morgan fingerprint density at radius 1 is 0.583 bits per heavy atom. The highest BCUT2D eigenvalue weighted by atomic mass is 28.3. The van der Waals surface area contributed by atoms with Gasteiger partial charge in [-0.3, -0.25) is 13.7 Å². The molecule has 2 aliphatic heterocycles. The van der Waals surface area contributed by atoms with E-state index in [-0.39, 0.29) is 5.41 Å². The largest absolute Gasteiger partial charge is 0.458 e. The molecule has 0 saturated carbocycles. The number of hydrogen-bond donors (Lipinski definition) is 0. The molecule has 5 nitrogen and oxygen atoms in total. The fourth-order valence-electron chi connectivity index (χ4n) is 9.94. The number of imidazole rings is 1. The Morgan fingerprint density at radius 2 is 1.20 bits per heavy atom. The van der Waals surface area contributed by atoms with E-state index in [2.05, 4.69) is 212 Å². The normalized spacial score (nSPS) is 13.6. The molecule has 3 aromatic heterocycles. The molecule has 12 rings (SSSR count). The van der Waals surface area contributed by atoms with Crippen LogP contribution in [-0.4, -0.2) is 22.2 Å². The molecule has 0 N–H and O–H groups in total. The Kier molecular flexibility index (Phi) is 7.28. The number of aromatic nitrogens is 4. The zero-order valence-electron chi connectivity index (χ0n) is 34.3. The van der Waals surface area contributed by atoms with Crippen LogP contribution in [0.1, 0.15) is 26.3 Å². The lowest BCUT2D eigenvalue weighted by Crippen LogP contribution is -2.57. The number of para-hydroxylation sites is 2. The Hall–Kier alpha value is -7.02. The maximum atomic E-state index is 6.88. The van der Waals surface area contributed by atoms with Crippen LogP contribution in [0.15, 0.2) is 164 Å². The second-order valence-corrected chi connectivity index (χ2v) is 22.2. The van der Waals surface area contributed by atoms with Crippen molar-refractivity contribution in [3.05, 3.63) is 176 Å². The number of rotatable bonds is 3. The first-order valence-electron chi connectivity index (χ1n) is 20.8. The SMILES string of the molecule is CC(C)(C)c1ccnc(-n2c3ccccc3c3ccc(Oc4ccc5c(c4)-n4[c-][n+]6c7c(ccc(c74)[Si]5(C)C)-c4ccccc4-c4ccccc4-c4ccccc4-6)cc32)c1. The van der Waals surface area contributed by atoms with E-state index in [0.717, 1.165) is 45.1 Å². The Balaban J connectivity index is 1.05. The zero-order chi connectivity index (χ0) is 40.5. The predicted molar refractivity (Wildman–Crippen MR) is 248 cm³/mol. The van der Waals surface area contributed by atoms with Crippen LogP contribution in [0.4, 0.5) is 0 Å². The van der Waals surface area contributed by atoms with Gasteiger partial charge in [-0.25, -0.2) is 4.98 Å². The minimum Gasteiger partial charge on any atom is -0.458 e. The number of benzene rings is 7. The van der Waals surface area contributed by atoms with Crippen LogP contribution in [0.2, 0.25) is 13.1 Å². The molecule has 0 aliphatic carbocycles. The van der Waals surface area contributed by atoms with Gasteiger partial charge in [0.05, 0.1) is 33.4 Å². The van der Waals surface area contributed by atoms with Crippen LogP contribution >= 0.6 is 0 Å². The Bertz CT molecular complexity index is 3440. The molecule has 0 unspecified atom stereocenters. The predicted octanol–water partition coefficient (Wildman–Crippen LogP) is 11.7. The third-order valence-corrected chi connectivity index (χ3v) is 16.5. The van der Waals surface area contributed by atoms with Crippen LogP contribution < -0.4 is 19.7 Å². The van der Waals surface area contributed by atoms with Gasteiger partial charge in [0.2, 0.25) is 0 Å². The molecular formula is C54H42N4OSi. The smallest absolute Gasteiger partial charge is 0.269 e. The zero-order valence-corrected chi connectivity index (χ0v) is 35.3. The van der Waals surface area contributed by atoms with Crippen molar-refractivity contribution in [2.45, 2.75) is 39.3 Å². The van der Waals surface area contributed by atoms with E-state index in [4.69, 9.17) is 9.72 Å². The molecule has 5 heterocycles. The summed E-state index contributed by atoms with van der Waals surface area (Å²) in [6.07, 6.45) is 5.87. The summed E-state index contributed by atoms with van der Waals surface area (Å²) in [5.41, 5.74) is 15.3. The highest BCUT2D eigenvalue weighted by molar-refractivity contribution is 7.02. The molecule has 6 heteroatoms. The highest BCUT2D eigenvalue weighted by Gasteiger charge is 2.38. The van der Waals surface area contributed by atoms with E-state index in [0.29, 0.717) is 0 Å². The molecule has 288 valence electrons. The molecule has 0 bridgehead atoms. The molecule has 0 radical (unpaired) electrons. The second-order valence-electron chi connectivity index (χ2n) is 17.8. The van der Waals surface area contributed by atoms with Gasteiger partial charge in [-0.1, -0.05) is 137 Å². The van der Waals surface area contributed by atoms with E-state index in [1.807, 2.05) is 6.20 Å². The van der Waals surface area contributed by atoms with Crippen LogP contribution in [0, 0.1) is 6.33 Å². The lowest BCUT2D eigenvalue weighted by molar-refractivity contribution is -0.571. The van der Waals surface area contributed by atoms with Gasteiger partial charge in [-0.2, -0.15) is 0 Å². The number of fused-ring (bicyclic) bond motifs is 12. The third kappa shape index (κ3) is 4.98. The molecule has 60 heavy (non-hydrogen) atoms. The molecule has 0 saturated heterocycles. The van der Waals surface area contributed by atoms with Crippen molar-refractivity contribution in [1.82, 2.24) is 14.1 Å². The summed E-state index contributed by atoms with van der Waals surface area (Å²) >= 11 is 0. The minimum atomic E-state index is -2.20. The molecule has 10 aromatic rings. The van der Waals surface area contributed by atoms with E-state index >= 15 is 0 Å². The van der Waals surface area contributed by atoms with Gasteiger partial charge in [0, 0.05) is 23.0 Å². The van der Waals surface area contributed by atoms with E-state index in [1.165, 1.54) is 65.7 Å². The van der Waals surface area contributed by atoms with Crippen molar-refractivity contribution in [2.75, 3.05) is 0 Å². The standard InChI is InChI=1S/C54H42N4OSi/c1-54(2,3)34-28-29-55-51(30-34)58-46-21-13-11-19-42(46)43-24-22-35(31-47(43)58)59-36-23-26-49-48(32-36)57-33-56-45-20-12-10-18-41(45)39-16-8-6-14-37(39)38-15-7-9-17-40(38)44-25-27-50(60(49,4)5)53(57)52(44)56/h6-32H,1-5H3. The second kappa shape index (κ2) is 12.5. The van der Waals surface area contributed by atoms with Gasteiger partial charge in [-0.05, 0) is 103 Å². The van der Waals surface area contributed by atoms with Gasteiger partial charge < -0.3 is 4.74 Å². The van der Waals surface area contributed by atoms with Crippen LogP contribution in [0.5, 0.6) is 11.5 Å². The topological polar surface area (TPSA) is 35.9 Å². The summed E-state index contributed by atoms with van der Waals surface area (Å²) in [6.45, 7) is 11.7. The third-order valence-electron chi connectivity index (χ3n) is 12.9. The van der Waals surface area contributed by atoms with Crippen molar-refractivity contribution in [1.29, 1.82) is 0 Å². The van der Waals surface area contributed by atoms with Crippen molar-refractivity contribution in [3.63, 3.8) is 0 Å². The summed E-state index contributed by atoms with van der Waals surface area (Å²) in [4.78, 5) is 4.90. The fourth-order valence-corrected chi connectivity index (χ4v) is 12.9. The van der Waals surface area contributed by atoms with E-state index in [9.17, 15) is 0 Å². The van der Waals surface area contributed by atoms with Crippen molar-refractivity contribution in [2.24, 2.45) is 0 Å². The first-order valence-corrected chi connectivity index (χ1v) is 23.8. The number of nitrogens with zero attached hydrogens (tertiary/aromatic N) is 4. The van der Waals surface area contributed by atoms with Crippen LogP contribution in [-0.2, 0) is 5.41 Å². The molecule has 0 spiro atoms. The Labute approximate surface area is 350 Å². The summed E-state index contributed by atoms with van der Waals surface area (Å²) in [5, 5.41) is 5.13. The fraction of sp³-hybridized carbons (Fsp3) is 0.111. The van der Waals surface area contributed by atoms with Gasteiger partial charge in [0.15, 0.2) is 0 Å². The number of hydrogen-bond acceptors (Lipinski definition) is 2. The number of pyridine rings is 1. The quantitative estimate of drug-likeness (QED) is 0.102. The van der Waals surface area contributed by atoms with Crippen molar-refractivity contribution in [3.8, 4) is 62.1 Å². The minimum absolute atomic E-state index is 0.00649. The first kappa shape index (κ1) is 35.0. The monoisotopic (exact) mass is 790 g/mol. The van der Waals surface area contributed by atoms with E-state index in [1.54, 1.807) is 0 Å². The lowest BCUT2D eigenvalue weighted by Gasteiger charge is -2.33. The summed E-state index contributed by atoms with van der Waals surface area (Å²) in [7, 11) is -2.20. The van der Waals surface area contributed by atoms with Crippen LogP contribution in [0.3, 0.4) is 0 Å². The summed E-state index contributed by atoms with van der Waals surface area (Å²) < 4.78 is 13.8. The van der Waals surface area contributed by atoms with Gasteiger partial charge in [0.1, 0.15) is 25.4 Å². The molecule has 2 aliphatic rings. The first-order chi connectivity index (χ1) is 29.1. The summed E-state index contributed by atoms with van der Waals surface area (Å²) in [5.74, 6) is 2.46. The van der Waals surface area contributed by atoms with Gasteiger partial charge >= 0.3 is 0 Å². The molecule has 0 fully saturated rings. The molecule has 0 atom stereocenters. The van der Waals surface area contributed by atoms with Gasteiger partial charge in [-0.15, -0.1) is 0 Å². The average Bonchev–Trinajstić information content (AvgIpc) is 3.83. The lowest BCUT2D eigenvalue weighted by atomic mass is 9.88. The van der Waals surface area contributed by atoms with Crippen molar-refractivity contribution >= 4 is 51.3 Å². The summed E-state index contributed by atoms with van der Waals surface area (Å²) in [6, 6.07) is 57.3. The molecule has 7 aromatic carbocycles. The highest BCUT2D eigenvalue weighted by Crippen LogP contribution is 2.44. The molecule has 0 amide bonds. The Morgan fingerprint density at radius 3 is 1.97 bits per heavy atom. The van der Waals surface area contributed by atoms with Crippen molar-refractivity contribution < 1.29 is 9.30 Å². The molecular weight excluding hydrogens is 749 g/mol. The maximum Gasteiger partial charge on any atom is 0.269 e. The van der Waals surface area contributed by atoms with Crippen LogP contribution in [0.25, 0.3) is 83.4 Å². The number of ether oxygens (including phenoxy) is 1.